The fraction of sp³-hybridized carbons (Fsp3) is 0.471. The van der Waals surface area contributed by atoms with Gasteiger partial charge in [-0.05, 0) is 26.0 Å². The third-order valence-electron chi connectivity index (χ3n) is 4.32. The predicted octanol–water partition coefficient (Wildman–Crippen LogP) is -0.127. The van der Waals surface area contributed by atoms with Gasteiger partial charge in [0.05, 0.1) is 11.9 Å². The van der Waals surface area contributed by atoms with Gasteiger partial charge in [-0.25, -0.2) is 4.79 Å². The van der Waals surface area contributed by atoms with Crippen molar-refractivity contribution in [2.45, 2.75) is 31.7 Å². The topological polar surface area (TPSA) is 78.1 Å². The van der Waals surface area contributed by atoms with Gasteiger partial charge >= 0.3 is 5.63 Å². The molecule has 1 aliphatic carbocycles. The lowest BCUT2D eigenvalue weighted by Gasteiger charge is -2.30. The van der Waals surface area contributed by atoms with Crippen LogP contribution in [0, 0.1) is 5.92 Å². The van der Waals surface area contributed by atoms with E-state index in [0.717, 1.165) is 5.22 Å². The fourth-order valence-corrected chi connectivity index (χ4v) is 2.53. The molecule has 1 aliphatic heterocycles. The van der Waals surface area contributed by atoms with E-state index < -0.39 is 17.3 Å². The van der Waals surface area contributed by atoms with E-state index in [1.807, 2.05) is 12.2 Å². The average Bonchev–Trinajstić information content (AvgIpc) is 2.99. The summed E-state index contributed by atoms with van der Waals surface area (Å²) < 4.78 is 21.9. The molecule has 3 rings (SSSR count). The first-order valence-electron chi connectivity index (χ1n) is 7.47. The number of hydrogen-bond donors (Lipinski definition) is 1. The van der Waals surface area contributed by atoms with Gasteiger partial charge in [0, 0.05) is 24.3 Å². The number of fused-ring (bicyclic) bond motifs is 2. The van der Waals surface area contributed by atoms with E-state index in [9.17, 15) is 9.90 Å². The van der Waals surface area contributed by atoms with Crippen LogP contribution in [-0.4, -0.2) is 36.6 Å². The van der Waals surface area contributed by atoms with Crippen LogP contribution in [0.15, 0.2) is 33.7 Å². The summed E-state index contributed by atoms with van der Waals surface area (Å²) >= 11 is 0. The monoisotopic (exact) mass is 320 g/mol. The maximum Gasteiger partial charge on any atom is 0.336 e. The van der Waals surface area contributed by atoms with Crippen molar-refractivity contribution in [1.29, 1.82) is 0 Å². The smallest absolute Gasteiger partial charge is 0.336 e. The molecule has 124 valence electrons. The zero-order valence-corrected chi connectivity index (χ0v) is 13.3. The van der Waals surface area contributed by atoms with Crippen molar-refractivity contribution in [3.63, 3.8) is 0 Å². The second kappa shape index (κ2) is 5.86. The van der Waals surface area contributed by atoms with Gasteiger partial charge in [-0.3, -0.25) is 0 Å². The molecule has 3 atom stereocenters. The summed E-state index contributed by atoms with van der Waals surface area (Å²) in [7, 11) is 1.53. The lowest BCUT2D eigenvalue weighted by atomic mass is 9.96. The summed E-state index contributed by atoms with van der Waals surface area (Å²) in [4.78, 5) is 11.5. The molecule has 0 amide bonds. The molecule has 6 nitrogen and oxygen atoms in total. The van der Waals surface area contributed by atoms with Crippen molar-refractivity contribution in [1.82, 2.24) is 0 Å². The molecule has 3 unspecified atom stereocenters. The Bertz CT molecular complexity index is 788. The van der Waals surface area contributed by atoms with E-state index in [2.05, 4.69) is 0 Å². The number of ether oxygens (including phenoxy) is 3. The molecule has 0 saturated heterocycles. The molecule has 2 aliphatic rings. The van der Waals surface area contributed by atoms with Crippen LogP contribution in [0.3, 0.4) is 0 Å². The van der Waals surface area contributed by atoms with E-state index in [1.165, 1.54) is 13.2 Å². The van der Waals surface area contributed by atoms with Gasteiger partial charge in [0.2, 0.25) is 0 Å². The zero-order chi connectivity index (χ0) is 16.6. The van der Waals surface area contributed by atoms with Gasteiger partial charge in [0.25, 0.3) is 0 Å². The average molecular weight is 320 g/mol. The molecule has 0 fully saturated rings. The van der Waals surface area contributed by atoms with Gasteiger partial charge in [-0.2, -0.15) is 0 Å². The molecule has 1 aromatic heterocycles. The Hall–Kier alpha value is -2.05. The first-order chi connectivity index (χ1) is 10.9. The molecule has 0 saturated carbocycles. The summed E-state index contributed by atoms with van der Waals surface area (Å²) in [5, 5.41) is 11.0. The summed E-state index contributed by atoms with van der Waals surface area (Å²) in [6, 6.07) is 3.07. The van der Waals surface area contributed by atoms with Crippen molar-refractivity contribution in [2.24, 2.45) is 5.92 Å². The Morgan fingerprint density at radius 3 is 2.91 bits per heavy atom. The van der Waals surface area contributed by atoms with Crippen LogP contribution in [0.1, 0.15) is 13.8 Å². The summed E-state index contributed by atoms with van der Waals surface area (Å²) in [6.45, 7) is 3.54. The van der Waals surface area contributed by atoms with Crippen LogP contribution in [0.2, 0.25) is 0 Å². The van der Waals surface area contributed by atoms with Crippen LogP contribution < -0.4 is 16.3 Å². The lowest BCUT2D eigenvalue weighted by molar-refractivity contribution is -0.0971. The molecule has 23 heavy (non-hydrogen) atoms. The van der Waals surface area contributed by atoms with Gasteiger partial charge in [-0.15, -0.1) is 0 Å². The second-order valence-electron chi connectivity index (χ2n) is 6.17. The summed E-state index contributed by atoms with van der Waals surface area (Å²) in [6.07, 6.45) is 4.25. The van der Waals surface area contributed by atoms with Crippen LogP contribution >= 0.6 is 0 Å². The Balaban J connectivity index is 1.96. The molecule has 1 aromatic rings. The third-order valence-corrected chi connectivity index (χ3v) is 4.32. The SMILES string of the molecule is COC(C)(C)C(O)COC1=c2oc(=O)ccc2=CC2C=COC12. The van der Waals surface area contributed by atoms with Crippen molar-refractivity contribution < 1.29 is 23.7 Å². The first kappa shape index (κ1) is 15.8. The molecule has 0 aromatic carbocycles. The largest absolute Gasteiger partial charge is 0.489 e. The quantitative estimate of drug-likeness (QED) is 0.814. The molecular weight excluding hydrogens is 300 g/mol. The van der Waals surface area contributed by atoms with E-state index in [1.54, 1.807) is 26.2 Å². The van der Waals surface area contributed by atoms with Gasteiger partial charge in [0.1, 0.15) is 12.7 Å². The van der Waals surface area contributed by atoms with Crippen molar-refractivity contribution in [3.05, 3.63) is 45.5 Å². The second-order valence-corrected chi connectivity index (χ2v) is 6.17. The molecular formula is C17H20O6. The van der Waals surface area contributed by atoms with Crippen molar-refractivity contribution >= 4 is 11.8 Å². The number of methoxy groups -OCH3 is 1. The highest BCUT2D eigenvalue weighted by Gasteiger charge is 2.35. The minimum atomic E-state index is -0.849. The summed E-state index contributed by atoms with van der Waals surface area (Å²) in [5.41, 5.74) is -0.860. The number of aliphatic hydroxyl groups is 1. The molecule has 1 N–H and O–H groups in total. The Labute approximate surface area is 133 Å². The predicted molar refractivity (Wildman–Crippen MR) is 82.7 cm³/mol. The maximum atomic E-state index is 11.5. The molecule has 0 spiro atoms. The highest BCUT2D eigenvalue weighted by molar-refractivity contribution is 5.53. The van der Waals surface area contributed by atoms with E-state index in [-0.39, 0.29) is 18.6 Å². The molecule has 0 radical (unpaired) electrons. The van der Waals surface area contributed by atoms with Crippen LogP contribution in [0.25, 0.3) is 11.8 Å². The Kier molecular flexibility index (Phi) is 4.04. The Morgan fingerprint density at radius 2 is 2.17 bits per heavy atom. The van der Waals surface area contributed by atoms with Gasteiger partial charge in [-0.1, -0.05) is 6.08 Å². The maximum absolute atomic E-state index is 11.5. The Morgan fingerprint density at radius 1 is 1.39 bits per heavy atom. The highest BCUT2D eigenvalue weighted by Crippen LogP contribution is 2.28. The number of rotatable bonds is 5. The first-order valence-corrected chi connectivity index (χ1v) is 7.47. The minimum absolute atomic E-state index is 0.000792. The molecule has 6 heteroatoms. The minimum Gasteiger partial charge on any atom is -0.489 e. The van der Waals surface area contributed by atoms with Crippen LogP contribution in [0.5, 0.6) is 0 Å². The van der Waals surface area contributed by atoms with Crippen molar-refractivity contribution in [2.75, 3.05) is 13.7 Å². The lowest BCUT2D eigenvalue weighted by Crippen LogP contribution is -2.44. The summed E-state index contributed by atoms with van der Waals surface area (Å²) in [5.74, 6) is 0.430. The zero-order valence-electron chi connectivity index (χ0n) is 13.3. The van der Waals surface area contributed by atoms with E-state index >= 15 is 0 Å². The van der Waals surface area contributed by atoms with Crippen molar-refractivity contribution in [3.8, 4) is 0 Å². The number of hydrogen-bond acceptors (Lipinski definition) is 6. The van der Waals surface area contributed by atoms with Gasteiger partial charge in [0.15, 0.2) is 17.3 Å². The highest BCUT2D eigenvalue weighted by atomic mass is 16.6. The normalized spacial score (nSPS) is 23.6. The molecule has 0 bridgehead atoms. The standard InChI is InChI=1S/C17H20O6/c1-17(2,20-3)12(18)9-22-16-14-11(6-7-21-14)8-10-4-5-13(19)23-15(10)16/h4-8,11-12,14,18H,9H2,1-3H3. The van der Waals surface area contributed by atoms with Crippen LogP contribution in [-0.2, 0) is 14.2 Å². The van der Waals surface area contributed by atoms with Crippen LogP contribution in [0.4, 0.5) is 0 Å². The third kappa shape index (κ3) is 2.92. The molecule has 2 heterocycles. The number of aliphatic hydroxyl groups excluding tert-OH is 1. The van der Waals surface area contributed by atoms with E-state index in [4.69, 9.17) is 18.6 Å². The fourth-order valence-electron chi connectivity index (χ4n) is 2.53. The van der Waals surface area contributed by atoms with Gasteiger partial charge < -0.3 is 23.7 Å². The van der Waals surface area contributed by atoms with E-state index in [0.29, 0.717) is 11.2 Å².